The predicted molar refractivity (Wildman–Crippen MR) is 81.5 cm³/mol. The van der Waals surface area contributed by atoms with Crippen molar-refractivity contribution < 1.29 is 14.4 Å². The van der Waals surface area contributed by atoms with E-state index in [-0.39, 0.29) is 11.4 Å². The fourth-order valence-electron chi connectivity index (χ4n) is 8.41. The van der Waals surface area contributed by atoms with Crippen molar-refractivity contribution in [2.24, 2.45) is 46.8 Å². The largest absolute Gasteiger partial charge is 0.298 e. The average molecular weight is 326 g/mol. The molecule has 2 N–H and O–H groups in total. The normalized spacial score (nSPS) is 50.3. The number of rotatable bonds is 3. The molecule has 1 aromatic rings. The number of hydrogen-bond acceptors (Lipinski definition) is 3. The van der Waals surface area contributed by atoms with Crippen molar-refractivity contribution in [3.63, 3.8) is 0 Å². The third-order valence-corrected chi connectivity index (χ3v) is 8.90. The van der Waals surface area contributed by atoms with E-state index >= 15 is 0 Å². The summed E-state index contributed by atoms with van der Waals surface area (Å²) in [7, 11) is 0. The van der Waals surface area contributed by atoms with E-state index < -0.39 is 5.91 Å². The van der Waals surface area contributed by atoms with Crippen LogP contribution in [0.2, 0.25) is 0 Å². The van der Waals surface area contributed by atoms with Crippen molar-refractivity contribution in [2.75, 3.05) is 13.1 Å². The highest BCUT2D eigenvalue weighted by Crippen LogP contribution is 3.05. The molecular weight excluding hydrogens is 307 g/mol. The van der Waals surface area contributed by atoms with Gasteiger partial charge in [0.15, 0.2) is 0 Å². The molecule has 124 valence electrons. The lowest BCUT2D eigenvalue weighted by Crippen LogP contribution is -3.06. The Kier molecular flexibility index (Phi) is 1.90. The molecule has 1 aromatic carbocycles. The van der Waals surface area contributed by atoms with Crippen LogP contribution in [-0.4, -0.2) is 29.1 Å². The number of halogens is 1. The summed E-state index contributed by atoms with van der Waals surface area (Å²) in [6.07, 6.45) is 0.719. The van der Waals surface area contributed by atoms with Gasteiger partial charge in [-0.25, -0.2) is 9.87 Å². The standard InChI is InChI=1S/C19H19FN2O2/c20-10-4-7(18(23)21-24)3-8-5-22(2-1-9(8)10)6-19-15-12-11-13(15)17(19)14(11)16(12)19/h3-4,11-17,24H,1-2,5-6H2,(H,21,23). The van der Waals surface area contributed by atoms with Gasteiger partial charge in [0, 0.05) is 25.2 Å². The topological polar surface area (TPSA) is 52.6 Å². The van der Waals surface area contributed by atoms with Gasteiger partial charge in [0.05, 0.1) is 0 Å². The van der Waals surface area contributed by atoms with Crippen molar-refractivity contribution in [3.8, 4) is 0 Å². The van der Waals surface area contributed by atoms with Crippen molar-refractivity contribution in [3.05, 3.63) is 34.6 Å². The summed E-state index contributed by atoms with van der Waals surface area (Å²) < 4.78 is 14.3. The van der Waals surface area contributed by atoms with Crippen LogP contribution >= 0.6 is 0 Å². The minimum Gasteiger partial charge on any atom is -0.298 e. The summed E-state index contributed by atoms with van der Waals surface area (Å²) in [4.78, 5) is 14.1. The molecular formula is C19H19FN2O2. The number of hydrogen-bond donors (Lipinski definition) is 2. The zero-order valence-electron chi connectivity index (χ0n) is 13.2. The molecule has 0 atom stereocenters. The fraction of sp³-hybridized carbons (Fsp3) is 0.632. The molecule has 0 aromatic heterocycles. The summed E-state index contributed by atoms with van der Waals surface area (Å²) in [5.74, 6) is 6.57. The van der Waals surface area contributed by atoms with Crippen LogP contribution in [-0.2, 0) is 13.0 Å². The molecule has 8 rings (SSSR count). The van der Waals surface area contributed by atoms with E-state index in [4.69, 9.17) is 5.21 Å². The van der Waals surface area contributed by atoms with E-state index in [1.165, 1.54) is 12.6 Å². The first-order valence-electron chi connectivity index (χ1n) is 9.15. The molecule has 1 amide bonds. The van der Waals surface area contributed by atoms with Crippen LogP contribution in [0.1, 0.15) is 21.5 Å². The first-order valence-corrected chi connectivity index (χ1v) is 9.15. The Balaban J connectivity index is 1.16. The highest BCUT2D eigenvalue weighted by molar-refractivity contribution is 5.93. The maximum Gasteiger partial charge on any atom is 0.274 e. The van der Waals surface area contributed by atoms with Crippen LogP contribution in [0.4, 0.5) is 4.39 Å². The molecule has 7 aliphatic rings. The van der Waals surface area contributed by atoms with Crippen LogP contribution in [0.15, 0.2) is 12.1 Å². The Labute approximate surface area is 139 Å². The predicted octanol–water partition coefficient (Wildman–Crippen LogP) is 1.67. The second kappa shape index (κ2) is 3.56. The minimum atomic E-state index is -0.643. The van der Waals surface area contributed by atoms with Crippen LogP contribution in [0.25, 0.3) is 0 Å². The molecule has 0 unspecified atom stereocenters. The van der Waals surface area contributed by atoms with E-state index in [1.54, 1.807) is 11.5 Å². The van der Waals surface area contributed by atoms with E-state index in [1.807, 2.05) is 0 Å². The van der Waals surface area contributed by atoms with E-state index in [2.05, 4.69) is 4.90 Å². The fourth-order valence-corrected chi connectivity index (χ4v) is 8.41. The summed E-state index contributed by atoms with van der Waals surface area (Å²) in [5.41, 5.74) is 4.11. The lowest BCUT2D eigenvalue weighted by molar-refractivity contribution is -0.615. The Bertz CT molecular complexity index is 786. The zero-order valence-corrected chi connectivity index (χ0v) is 13.2. The first kappa shape index (κ1) is 12.8. The number of hydroxylamine groups is 1. The van der Waals surface area contributed by atoms with Gasteiger partial charge in [-0.05, 0) is 76.5 Å². The summed E-state index contributed by atoms with van der Waals surface area (Å²) >= 11 is 0. The molecule has 0 bridgehead atoms. The molecule has 0 spiro atoms. The first-order chi connectivity index (χ1) is 11.7. The quantitative estimate of drug-likeness (QED) is 0.656. The van der Waals surface area contributed by atoms with Gasteiger partial charge >= 0.3 is 0 Å². The number of benzene rings is 1. The SMILES string of the molecule is O=C(NO)c1cc(F)c2c(c1)CN(CC13C4C5C6C4C1C6C53)CC2. The maximum absolute atomic E-state index is 14.3. The minimum absolute atomic E-state index is 0.201. The molecule has 1 aliphatic heterocycles. The monoisotopic (exact) mass is 326 g/mol. The third-order valence-electron chi connectivity index (χ3n) is 8.90. The molecule has 5 heteroatoms. The lowest BCUT2D eigenvalue weighted by atomic mass is 8.96. The average Bonchev–Trinajstić information content (AvgIpc) is 2.61. The smallest absolute Gasteiger partial charge is 0.274 e. The van der Waals surface area contributed by atoms with E-state index in [0.29, 0.717) is 5.41 Å². The summed E-state index contributed by atoms with van der Waals surface area (Å²) in [6.45, 7) is 2.84. The van der Waals surface area contributed by atoms with Crippen molar-refractivity contribution >= 4 is 5.91 Å². The number of fused-ring (bicyclic) bond motifs is 1. The van der Waals surface area contributed by atoms with Crippen LogP contribution in [0, 0.1) is 52.7 Å². The van der Waals surface area contributed by atoms with Gasteiger partial charge < -0.3 is 0 Å². The van der Waals surface area contributed by atoms with E-state index in [0.717, 1.165) is 72.1 Å². The molecule has 0 saturated heterocycles. The molecule has 4 nitrogen and oxygen atoms in total. The molecule has 0 radical (unpaired) electrons. The van der Waals surface area contributed by atoms with Gasteiger partial charge in [-0.2, -0.15) is 0 Å². The third kappa shape index (κ3) is 1.00. The van der Waals surface area contributed by atoms with E-state index in [9.17, 15) is 9.18 Å². The number of carbonyl (C=O) groups is 1. The molecule has 24 heavy (non-hydrogen) atoms. The Hall–Kier alpha value is -1.46. The Morgan fingerprint density at radius 3 is 2.62 bits per heavy atom. The van der Waals surface area contributed by atoms with Crippen molar-refractivity contribution in [1.29, 1.82) is 0 Å². The van der Waals surface area contributed by atoms with Crippen LogP contribution in [0.3, 0.4) is 0 Å². The van der Waals surface area contributed by atoms with Gasteiger partial charge in [-0.15, -0.1) is 0 Å². The Morgan fingerprint density at radius 1 is 1.25 bits per heavy atom. The second-order valence-corrected chi connectivity index (χ2v) is 9.00. The second-order valence-electron chi connectivity index (χ2n) is 9.00. The van der Waals surface area contributed by atoms with Gasteiger partial charge in [-0.3, -0.25) is 14.9 Å². The highest BCUT2D eigenvalue weighted by Gasteiger charge is 3.03. The zero-order chi connectivity index (χ0) is 16.0. The lowest BCUT2D eigenvalue weighted by Gasteiger charge is -3.08. The van der Waals surface area contributed by atoms with Crippen molar-refractivity contribution in [1.82, 2.24) is 10.4 Å². The number of nitrogens with one attached hydrogen (secondary N) is 1. The number of carbonyl (C=O) groups excluding carboxylic acids is 1. The van der Waals surface area contributed by atoms with Gasteiger partial charge in [0.2, 0.25) is 0 Å². The van der Waals surface area contributed by atoms with Crippen molar-refractivity contribution in [2.45, 2.75) is 13.0 Å². The van der Waals surface area contributed by atoms with Gasteiger partial charge in [-0.1, -0.05) is 0 Å². The molecule has 6 fully saturated rings. The molecule has 1 heterocycles. The maximum atomic E-state index is 14.3. The highest BCUT2D eigenvalue weighted by atomic mass is 19.1. The van der Waals surface area contributed by atoms with Crippen LogP contribution < -0.4 is 5.48 Å². The summed E-state index contributed by atoms with van der Waals surface area (Å²) in [6, 6.07) is 2.98. The van der Waals surface area contributed by atoms with Gasteiger partial charge in [0.1, 0.15) is 5.82 Å². The van der Waals surface area contributed by atoms with Gasteiger partial charge in [0.25, 0.3) is 5.91 Å². The Morgan fingerprint density at radius 2 is 1.96 bits per heavy atom. The molecule has 6 aliphatic carbocycles. The number of amides is 1. The molecule has 6 saturated carbocycles. The number of nitrogens with zero attached hydrogens (tertiary/aromatic N) is 1. The van der Waals surface area contributed by atoms with Crippen LogP contribution in [0.5, 0.6) is 0 Å². The summed E-state index contributed by atoms with van der Waals surface area (Å²) in [5, 5.41) is 8.80.